The summed E-state index contributed by atoms with van der Waals surface area (Å²) in [5, 5.41) is 7.30. The first-order valence-corrected chi connectivity index (χ1v) is 9.69. The van der Waals surface area contributed by atoms with Gasteiger partial charge in [0.15, 0.2) is 5.75 Å². The molecule has 0 saturated carbocycles. The number of nitrogens with zero attached hydrogens (tertiary/aromatic N) is 2. The molecule has 0 fully saturated rings. The number of amides is 1. The van der Waals surface area contributed by atoms with Crippen LogP contribution < -0.4 is 15.4 Å². The topological polar surface area (TPSA) is 96.5 Å². The van der Waals surface area contributed by atoms with Crippen LogP contribution in [0.25, 0.3) is 21.8 Å². The number of pyridine rings is 2. The van der Waals surface area contributed by atoms with Crippen LogP contribution in [-0.4, -0.2) is 41.1 Å². The van der Waals surface area contributed by atoms with E-state index >= 15 is 0 Å². The van der Waals surface area contributed by atoms with Gasteiger partial charge < -0.3 is 20.4 Å². The number of rotatable bonds is 6. The van der Waals surface area contributed by atoms with E-state index in [1.54, 1.807) is 37.6 Å². The van der Waals surface area contributed by atoms with Crippen molar-refractivity contribution in [3.8, 4) is 5.75 Å². The Balaban J connectivity index is 1.87. The lowest BCUT2D eigenvalue weighted by atomic mass is 10.1. The van der Waals surface area contributed by atoms with Crippen molar-refractivity contribution in [1.29, 1.82) is 0 Å². The van der Waals surface area contributed by atoms with Crippen molar-refractivity contribution in [3.05, 3.63) is 59.1 Å². The highest BCUT2D eigenvalue weighted by atomic mass is 35.5. The van der Waals surface area contributed by atoms with Crippen LogP contribution in [0.2, 0.25) is 5.02 Å². The van der Waals surface area contributed by atoms with Crippen molar-refractivity contribution in [2.45, 2.75) is 6.92 Å². The quantitative estimate of drug-likeness (QED) is 0.426. The number of quaternary nitrogens is 1. The van der Waals surface area contributed by atoms with E-state index in [9.17, 15) is 4.79 Å². The molecule has 1 aromatic carbocycles. The summed E-state index contributed by atoms with van der Waals surface area (Å²) in [6, 6.07) is 7.24. The molecular weight excluding hydrogens is 390 g/mol. The lowest BCUT2D eigenvalue weighted by Crippen LogP contribution is -2.80. The lowest BCUT2D eigenvalue weighted by Gasteiger charge is -2.15. The van der Waals surface area contributed by atoms with Crippen LogP contribution >= 0.6 is 11.6 Å². The molecule has 0 aliphatic carbocycles. The molecule has 0 spiro atoms. The first kappa shape index (κ1) is 19.2. The average molecular weight is 411 g/mol. The summed E-state index contributed by atoms with van der Waals surface area (Å²) < 4.78 is 5.95. The highest BCUT2D eigenvalue weighted by Gasteiger charge is 2.21. The number of aromatic nitrogens is 3. The molecule has 0 aliphatic rings. The van der Waals surface area contributed by atoms with Crippen molar-refractivity contribution in [2.75, 3.05) is 25.5 Å². The van der Waals surface area contributed by atoms with E-state index in [0.29, 0.717) is 34.3 Å². The van der Waals surface area contributed by atoms with E-state index in [-0.39, 0.29) is 5.91 Å². The predicted octanol–water partition coefficient (Wildman–Crippen LogP) is 2.90. The summed E-state index contributed by atoms with van der Waals surface area (Å²) in [4.78, 5) is 24.7. The molecule has 4 aromatic rings. The number of carbonyl (C=O) groups excluding carboxylic acids is 1. The highest BCUT2D eigenvalue weighted by Crippen LogP contribution is 2.42. The Morgan fingerprint density at radius 2 is 2.17 bits per heavy atom. The molecule has 0 unspecified atom stereocenters. The van der Waals surface area contributed by atoms with Crippen LogP contribution in [0.15, 0.2) is 42.9 Å². The van der Waals surface area contributed by atoms with E-state index in [1.807, 2.05) is 24.5 Å². The number of fused-ring (bicyclic) bond motifs is 3. The van der Waals surface area contributed by atoms with E-state index in [4.69, 9.17) is 16.3 Å². The third kappa shape index (κ3) is 3.62. The third-order valence-electron chi connectivity index (χ3n) is 4.75. The normalized spacial score (nSPS) is 11.1. The summed E-state index contributed by atoms with van der Waals surface area (Å²) in [6.07, 6.45) is 5.12. The second kappa shape index (κ2) is 8.06. The Bertz CT molecular complexity index is 1200. The highest BCUT2D eigenvalue weighted by molar-refractivity contribution is 6.35. The molecule has 3 heterocycles. The maximum Gasteiger partial charge on any atom is 0.257 e. The maximum atomic E-state index is 13.0. The van der Waals surface area contributed by atoms with Crippen LogP contribution in [0.1, 0.15) is 16.1 Å². The number of benzene rings is 1. The average Bonchev–Trinajstić information content (AvgIpc) is 3.09. The second-order valence-corrected chi connectivity index (χ2v) is 7.07. The molecule has 4 rings (SSSR count). The van der Waals surface area contributed by atoms with Crippen LogP contribution in [-0.2, 0) is 0 Å². The van der Waals surface area contributed by atoms with E-state index in [2.05, 4.69) is 20.3 Å². The van der Waals surface area contributed by atoms with Gasteiger partial charge in [0.25, 0.3) is 5.91 Å². The fourth-order valence-electron chi connectivity index (χ4n) is 3.28. The minimum Gasteiger partial charge on any atom is -0.484 e. The molecule has 4 N–H and O–H groups in total. The van der Waals surface area contributed by atoms with Crippen molar-refractivity contribution in [1.82, 2.24) is 15.0 Å². The summed E-state index contributed by atoms with van der Waals surface area (Å²) in [6.45, 7) is 3.02. The SMILES string of the molecule is C[NH2+]CCOc1c(Cl)cc2c([nH]c3cnccc32)c1NC(=O)c1cccnc1C. The number of nitrogens with two attached hydrogens (primary N) is 1. The van der Waals surface area contributed by atoms with Crippen molar-refractivity contribution in [2.24, 2.45) is 0 Å². The van der Waals surface area contributed by atoms with Crippen LogP contribution in [0.5, 0.6) is 5.75 Å². The van der Waals surface area contributed by atoms with Gasteiger partial charge in [-0.1, -0.05) is 11.6 Å². The van der Waals surface area contributed by atoms with Gasteiger partial charge in [0.1, 0.15) is 18.8 Å². The first-order chi connectivity index (χ1) is 14.1. The Morgan fingerprint density at radius 1 is 1.31 bits per heavy atom. The fourth-order valence-corrected chi connectivity index (χ4v) is 3.54. The summed E-state index contributed by atoms with van der Waals surface area (Å²) >= 11 is 6.58. The van der Waals surface area contributed by atoms with Crippen LogP contribution in [0, 0.1) is 6.92 Å². The molecule has 3 aromatic heterocycles. The molecule has 0 aliphatic heterocycles. The zero-order valence-corrected chi connectivity index (χ0v) is 16.9. The van der Waals surface area contributed by atoms with Gasteiger partial charge in [-0.3, -0.25) is 14.8 Å². The zero-order valence-electron chi connectivity index (χ0n) is 16.1. The van der Waals surface area contributed by atoms with Gasteiger partial charge in [0.05, 0.1) is 34.9 Å². The van der Waals surface area contributed by atoms with E-state index in [0.717, 1.165) is 28.4 Å². The second-order valence-electron chi connectivity index (χ2n) is 6.67. The van der Waals surface area contributed by atoms with Crippen LogP contribution in [0.3, 0.4) is 0 Å². The van der Waals surface area contributed by atoms with E-state index in [1.165, 1.54) is 0 Å². The number of hydrogen-bond acceptors (Lipinski definition) is 4. The number of H-pyrrole nitrogens is 1. The zero-order chi connectivity index (χ0) is 20.4. The van der Waals surface area contributed by atoms with E-state index < -0.39 is 0 Å². The molecule has 0 bridgehead atoms. The Kier molecular flexibility index (Phi) is 5.33. The van der Waals surface area contributed by atoms with Crippen molar-refractivity contribution >= 4 is 45.0 Å². The van der Waals surface area contributed by atoms with Crippen molar-refractivity contribution in [3.63, 3.8) is 0 Å². The lowest BCUT2D eigenvalue weighted by molar-refractivity contribution is -0.627. The number of aromatic amines is 1. The predicted molar refractivity (Wildman–Crippen MR) is 114 cm³/mol. The molecule has 8 heteroatoms. The molecule has 0 saturated heterocycles. The number of hydrogen-bond donors (Lipinski definition) is 3. The van der Waals surface area contributed by atoms with Gasteiger partial charge in [-0.15, -0.1) is 0 Å². The van der Waals surface area contributed by atoms with Crippen molar-refractivity contribution < 1.29 is 14.8 Å². The van der Waals surface area contributed by atoms with Gasteiger partial charge in [-0.2, -0.15) is 0 Å². The third-order valence-corrected chi connectivity index (χ3v) is 5.03. The molecule has 148 valence electrons. The smallest absolute Gasteiger partial charge is 0.257 e. The number of ether oxygens (including phenoxy) is 1. The molecule has 7 nitrogen and oxygen atoms in total. The number of likely N-dealkylation sites (N-methyl/N-ethyl adjacent to an activating group) is 1. The molecule has 1 amide bonds. The minimum absolute atomic E-state index is 0.275. The Labute approximate surface area is 172 Å². The van der Waals surface area contributed by atoms with Gasteiger partial charge in [0.2, 0.25) is 0 Å². The van der Waals surface area contributed by atoms with Gasteiger partial charge >= 0.3 is 0 Å². The summed E-state index contributed by atoms with van der Waals surface area (Å²) in [5.41, 5.74) is 3.24. The summed E-state index contributed by atoms with van der Waals surface area (Å²) in [5.74, 6) is 0.165. The molecule has 29 heavy (non-hydrogen) atoms. The molecule has 0 atom stereocenters. The Hall–Kier alpha value is -3.16. The van der Waals surface area contributed by atoms with Gasteiger partial charge in [0, 0.05) is 28.9 Å². The largest absolute Gasteiger partial charge is 0.484 e. The Morgan fingerprint density at radius 3 is 2.97 bits per heavy atom. The monoisotopic (exact) mass is 410 g/mol. The number of carbonyl (C=O) groups is 1. The first-order valence-electron chi connectivity index (χ1n) is 9.31. The fraction of sp³-hybridized carbons (Fsp3) is 0.190. The molecular formula is C21H21ClN5O2+. The van der Waals surface area contributed by atoms with Crippen LogP contribution in [0.4, 0.5) is 5.69 Å². The number of aryl methyl sites for hydroxylation is 1. The molecule has 0 radical (unpaired) electrons. The number of anilines is 1. The van der Waals surface area contributed by atoms with Gasteiger partial charge in [-0.25, -0.2) is 0 Å². The number of nitrogens with one attached hydrogen (secondary N) is 2. The standard InChI is InChI=1S/C21H20ClN5O2/c1-12-13(4-3-6-25-12)21(28)27-19-18-15(14-5-7-24-11-17(14)26-18)10-16(22)20(19)29-9-8-23-2/h3-7,10-11,23,26H,8-9H2,1-2H3,(H,27,28)/p+1. The summed E-state index contributed by atoms with van der Waals surface area (Å²) in [7, 11) is 1.97. The maximum absolute atomic E-state index is 13.0. The van der Waals surface area contributed by atoms with Gasteiger partial charge in [-0.05, 0) is 31.2 Å². The number of halogens is 1. The minimum atomic E-state index is -0.275.